The lowest BCUT2D eigenvalue weighted by molar-refractivity contribution is -0.119. The zero-order chi connectivity index (χ0) is 19.5. The maximum atomic E-state index is 12.0. The number of ketones is 1. The molecule has 0 atom stereocenters. The minimum Gasteiger partial charge on any atom is -0.356 e. The number of amides is 1. The van der Waals surface area contributed by atoms with Crippen molar-refractivity contribution in [1.82, 2.24) is 10.2 Å². The third kappa shape index (κ3) is 8.30. The number of nitrogens with zero attached hydrogens (tertiary/aromatic N) is 2. The highest BCUT2D eigenvalue weighted by atomic mass is 32.1. The number of unbranched alkanes of at least 4 members (excludes halogenated alkanes) is 3. The summed E-state index contributed by atoms with van der Waals surface area (Å²) in [6, 6.07) is 7.80. The predicted molar refractivity (Wildman–Crippen MR) is 110 cm³/mol. The zero-order valence-corrected chi connectivity index (χ0v) is 16.9. The van der Waals surface area contributed by atoms with Gasteiger partial charge in [0.15, 0.2) is 0 Å². The first-order chi connectivity index (χ1) is 13.1. The van der Waals surface area contributed by atoms with Gasteiger partial charge in [-0.3, -0.25) is 9.59 Å². The van der Waals surface area contributed by atoms with Crippen LogP contribution in [0.5, 0.6) is 0 Å². The predicted octanol–water partition coefficient (Wildman–Crippen LogP) is 4.72. The number of aryl methyl sites for hydroxylation is 1. The second-order valence-corrected chi connectivity index (χ2v) is 7.71. The van der Waals surface area contributed by atoms with Gasteiger partial charge in [0.2, 0.25) is 11.0 Å². The van der Waals surface area contributed by atoms with Crippen molar-refractivity contribution in [2.45, 2.75) is 65.3 Å². The normalized spacial score (nSPS) is 10.6. The molecule has 2 N–H and O–H groups in total. The molecule has 0 saturated carbocycles. The average molecular weight is 389 g/mol. The number of hydrogen-bond donors (Lipinski definition) is 2. The molecule has 1 aromatic heterocycles. The number of carbonyl (C=O) groups excluding carboxylic acids is 2. The summed E-state index contributed by atoms with van der Waals surface area (Å²) < 4.78 is 0. The molecule has 0 aliphatic rings. The number of aromatic nitrogens is 2. The molecular weight excluding hydrogens is 360 g/mol. The Labute approximate surface area is 164 Å². The van der Waals surface area contributed by atoms with Gasteiger partial charge in [-0.2, -0.15) is 0 Å². The quantitative estimate of drug-likeness (QED) is 0.514. The highest BCUT2D eigenvalue weighted by molar-refractivity contribution is 7.15. The average Bonchev–Trinajstić information content (AvgIpc) is 3.09. The van der Waals surface area contributed by atoms with E-state index in [1.54, 1.807) is 0 Å². The van der Waals surface area contributed by atoms with Crippen LogP contribution in [0.15, 0.2) is 24.3 Å². The molecule has 0 aliphatic carbocycles. The summed E-state index contributed by atoms with van der Waals surface area (Å²) in [6.45, 7) is 4.49. The van der Waals surface area contributed by atoms with Crippen LogP contribution >= 0.6 is 11.3 Å². The summed E-state index contributed by atoms with van der Waals surface area (Å²) in [6.07, 6.45) is 5.59. The minimum absolute atomic E-state index is 0.0369. The molecule has 0 fully saturated rings. The highest BCUT2D eigenvalue weighted by Crippen LogP contribution is 2.16. The van der Waals surface area contributed by atoms with Gasteiger partial charge in [-0.25, -0.2) is 0 Å². The molecule has 1 aromatic carbocycles. The van der Waals surface area contributed by atoms with Gasteiger partial charge in [-0.1, -0.05) is 43.2 Å². The Morgan fingerprint density at radius 2 is 1.70 bits per heavy atom. The Hall–Kier alpha value is -2.28. The van der Waals surface area contributed by atoms with E-state index in [0.29, 0.717) is 31.6 Å². The monoisotopic (exact) mass is 388 g/mol. The summed E-state index contributed by atoms with van der Waals surface area (Å²) in [5.41, 5.74) is 1.92. The molecule has 0 saturated heterocycles. The van der Waals surface area contributed by atoms with Crippen molar-refractivity contribution in [3.63, 3.8) is 0 Å². The Bertz CT molecular complexity index is 728. The van der Waals surface area contributed by atoms with Crippen molar-refractivity contribution >= 4 is 33.8 Å². The van der Waals surface area contributed by atoms with Crippen molar-refractivity contribution in [2.75, 3.05) is 10.6 Å². The molecule has 0 radical (unpaired) electrons. The first kappa shape index (κ1) is 21.0. The third-order valence-electron chi connectivity index (χ3n) is 4.21. The second-order valence-electron chi connectivity index (χ2n) is 6.53. The van der Waals surface area contributed by atoms with E-state index in [2.05, 4.69) is 20.8 Å². The SMILES string of the molecule is CCC(=O)CCCCCCC(=O)Nc1ccc(CNc2nnc(C)s2)cc1. The van der Waals surface area contributed by atoms with Crippen LogP contribution in [0.4, 0.5) is 10.8 Å². The van der Waals surface area contributed by atoms with E-state index in [1.165, 1.54) is 11.3 Å². The number of anilines is 2. The number of nitrogens with one attached hydrogen (secondary N) is 2. The molecule has 1 amide bonds. The Morgan fingerprint density at radius 1 is 1.00 bits per heavy atom. The van der Waals surface area contributed by atoms with Gasteiger partial charge < -0.3 is 10.6 Å². The van der Waals surface area contributed by atoms with Gasteiger partial charge in [0.25, 0.3) is 0 Å². The van der Waals surface area contributed by atoms with Gasteiger partial charge in [0, 0.05) is 31.5 Å². The van der Waals surface area contributed by atoms with E-state index in [4.69, 9.17) is 0 Å². The molecule has 0 bridgehead atoms. The van der Waals surface area contributed by atoms with E-state index >= 15 is 0 Å². The molecule has 0 aliphatic heterocycles. The standard InChI is InChI=1S/C20H28N4O2S/c1-3-18(25)8-6-4-5-7-9-19(26)22-17-12-10-16(11-13-17)14-21-20-24-23-15(2)27-20/h10-13H,3-9,14H2,1-2H3,(H,21,24)(H,22,26). The molecule has 7 heteroatoms. The maximum Gasteiger partial charge on any atom is 0.224 e. The minimum atomic E-state index is 0.0369. The van der Waals surface area contributed by atoms with Crippen molar-refractivity contribution in [3.8, 4) is 0 Å². The van der Waals surface area contributed by atoms with Crippen LogP contribution in [0.2, 0.25) is 0 Å². The molecule has 0 spiro atoms. The maximum absolute atomic E-state index is 12.0. The fourth-order valence-corrected chi connectivity index (χ4v) is 3.20. The molecule has 2 aromatic rings. The van der Waals surface area contributed by atoms with Crippen molar-refractivity contribution < 1.29 is 9.59 Å². The van der Waals surface area contributed by atoms with Crippen LogP contribution in [0.3, 0.4) is 0 Å². The molecule has 6 nitrogen and oxygen atoms in total. The van der Waals surface area contributed by atoms with E-state index in [1.807, 2.05) is 38.1 Å². The second kappa shape index (κ2) is 11.4. The number of carbonyl (C=O) groups is 2. The lowest BCUT2D eigenvalue weighted by atomic mass is 10.1. The number of Topliss-reactive ketones (excluding diaryl/α,β-unsaturated/α-hetero) is 1. The Balaban J connectivity index is 1.62. The van der Waals surface area contributed by atoms with Gasteiger partial charge in [0.05, 0.1) is 0 Å². The van der Waals surface area contributed by atoms with Crippen LogP contribution in [-0.2, 0) is 16.1 Å². The van der Waals surface area contributed by atoms with Gasteiger partial charge >= 0.3 is 0 Å². The molecule has 0 unspecified atom stereocenters. The van der Waals surface area contributed by atoms with Crippen molar-refractivity contribution in [1.29, 1.82) is 0 Å². The van der Waals surface area contributed by atoms with E-state index in [9.17, 15) is 9.59 Å². The Kier molecular flexibility index (Phi) is 8.91. The Morgan fingerprint density at radius 3 is 2.33 bits per heavy atom. The van der Waals surface area contributed by atoms with Gasteiger partial charge in [0.1, 0.15) is 10.8 Å². The number of hydrogen-bond acceptors (Lipinski definition) is 6. The first-order valence-corrected chi connectivity index (χ1v) is 10.3. The summed E-state index contributed by atoms with van der Waals surface area (Å²) in [7, 11) is 0. The molecule has 146 valence electrons. The fraction of sp³-hybridized carbons (Fsp3) is 0.500. The molecular formula is C20H28N4O2S. The summed E-state index contributed by atoms with van der Waals surface area (Å²) in [5.74, 6) is 0.361. The smallest absolute Gasteiger partial charge is 0.224 e. The van der Waals surface area contributed by atoms with Crippen LogP contribution in [0, 0.1) is 6.92 Å². The van der Waals surface area contributed by atoms with Crippen molar-refractivity contribution in [3.05, 3.63) is 34.8 Å². The van der Waals surface area contributed by atoms with Crippen LogP contribution < -0.4 is 10.6 Å². The van der Waals surface area contributed by atoms with E-state index < -0.39 is 0 Å². The molecule has 27 heavy (non-hydrogen) atoms. The number of benzene rings is 1. The fourth-order valence-electron chi connectivity index (χ4n) is 2.61. The lowest BCUT2D eigenvalue weighted by Gasteiger charge is -2.07. The van der Waals surface area contributed by atoms with E-state index in [0.717, 1.165) is 47.1 Å². The largest absolute Gasteiger partial charge is 0.356 e. The van der Waals surface area contributed by atoms with Crippen LogP contribution in [0.1, 0.15) is 62.4 Å². The third-order valence-corrected chi connectivity index (χ3v) is 5.01. The van der Waals surface area contributed by atoms with Gasteiger partial charge in [-0.05, 0) is 37.5 Å². The topological polar surface area (TPSA) is 84.0 Å². The van der Waals surface area contributed by atoms with Gasteiger partial charge in [-0.15, -0.1) is 10.2 Å². The lowest BCUT2D eigenvalue weighted by Crippen LogP contribution is -2.11. The van der Waals surface area contributed by atoms with Crippen LogP contribution in [0.25, 0.3) is 0 Å². The van der Waals surface area contributed by atoms with E-state index in [-0.39, 0.29) is 5.91 Å². The first-order valence-electron chi connectivity index (χ1n) is 9.51. The number of rotatable bonds is 12. The molecule has 1 heterocycles. The van der Waals surface area contributed by atoms with Crippen molar-refractivity contribution in [2.24, 2.45) is 0 Å². The summed E-state index contributed by atoms with van der Waals surface area (Å²) >= 11 is 1.53. The zero-order valence-electron chi connectivity index (χ0n) is 16.1. The highest BCUT2D eigenvalue weighted by Gasteiger charge is 2.04. The summed E-state index contributed by atoms with van der Waals surface area (Å²) in [5, 5.41) is 15.9. The van der Waals surface area contributed by atoms with Crippen LogP contribution in [-0.4, -0.2) is 21.9 Å². The molecule has 2 rings (SSSR count). The summed E-state index contributed by atoms with van der Waals surface area (Å²) in [4.78, 5) is 23.2.